The van der Waals surface area contributed by atoms with Crippen molar-refractivity contribution < 1.29 is 19.1 Å². The van der Waals surface area contributed by atoms with Gasteiger partial charge in [-0.05, 0) is 5.56 Å². The van der Waals surface area contributed by atoms with Gasteiger partial charge in [0.25, 0.3) is 0 Å². The van der Waals surface area contributed by atoms with Gasteiger partial charge in [-0.2, -0.15) is 5.26 Å². The summed E-state index contributed by atoms with van der Waals surface area (Å²) < 4.78 is 4.51. The number of nitrogens with one attached hydrogen (secondary N) is 2. The minimum atomic E-state index is -1.05. The molecule has 2 unspecified atom stereocenters. The second-order valence-corrected chi connectivity index (χ2v) is 5.96. The Hall–Kier alpha value is -2.53. The predicted octanol–water partition coefficient (Wildman–Crippen LogP) is 0.606. The van der Waals surface area contributed by atoms with E-state index in [0.717, 1.165) is 17.3 Å². The molecule has 0 heterocycles. The van der Waals surface area contributed by atoms with Crippen molar-refractivity contribution in [2.75, 3.05) is 12.9 Å². The summed E-state index contributed by atoms with van der Waals surface area (Å²) in [4.78, 5) is 34.9. The van der Waals surface area contributed by atoms with E-state index in [0.29, 0.717) is 6.54 Å². The van der Waals surface area contributed by atoms with Crippen LogP contribution >= 0.6 is 11.8 Å². The molecule has 24 heavy (non-hydrogen) atoms. The van der Waals surface area contributed by atoms with Gasteiger partial charge in [-0.3, -0.25) is 9.59 Å². The molecular formula is C16H19N3O4S. The molecule has 0 aliphatic carbocycles. The van der Waals surface area contributed by atoms with E-state index >= 15 is 0 Å². The van der Waals surface area contributed by atoms with Crippen molar-refractivity contribution in [3.05, 3.63) is 35.9 Å². The molecule has 128 valence electrons. The monoisotopic (exact) mass is 349 g/mol. The quantitative estimate of drug-likeness (QED) is 0.666. The average molecular weight is 349 g/mol. The van der Waals surface area contributed by atoms with Crippen LogP contribution in [-0.4, -0.2) is 41.9 Å². The first-order chi connectivity index (χ1) is 11.5. The van der Waals surface area contributed by atoms with Crippen molar-refractivity contribution in [1.29, 1.82) is 5.26 Å². The van der Waals surface area contributed by atoms with Crippen LogP contribution in [0, 0.1) is 11.3 Å². The number of hydrogen-bond acceptors (Lipinski definition) is 6. The second-order valence-electron chi connectivity index (χ2n) is 4.82. The van der Waals surface area contributed by atoms with Gasteiger partial charge in [-0.15, -0.1) is 11.8 Å². The van der Waals surface area contributed by atoms with E-state index in [1.165, 1.54) is 14.0 Å². The summed E-state index contributed by atoms with van der Waals surface area (Å²) in [6.07, 6.45) is 0. The standard InChI is InChI=1S/C16H19N3O4S/c1-11(20)19-13(10-24-14(8-17)16(22)23-2)15(21)18-9-12-6-4-3-5-7-12/h3-7,13-14H,9-10H2,1-2H3,(H,18,21)(H,19,20). The third-order valence-electron chi connectivity index (χ3n) is 2.97. The number of nitrogens with zero attached hydrogens (tertiary/aromatic N) is 1. The van der Waals surface area contributed by atoms with E-state index in [4.69, 9.17) is 5.26 Å². The molecule has 2 N–H and O–H groups in total. The van der Waals surface area contributed by atoms with Crippen molar-refractivity contribution >= 4 is 29.5 Å². The third kappa shape index (κ3) is 6.71. The van der Waals surface area contributed by atoms with Crippen molar-refractivity contribution in [1.82, 2.24) is 10.6 Å². The lowest BCUT2D eigenvalue weighted by Gasteiger charge is -2.18. The Morgan fingerprint density at radius 2 is 1.96 bits per heavy atom. The second kappa shape index (κ2) is 10.3. The number of benzene rings is 1. The fourth-order valence-corrected chi connectivity index (χ4v) is 2.72. The van der Waals surface area contributed by atoms with Gasteiger partial charge in [0.05, 0.1) is 13.2 Å². The highest BCUT2D eigenvalue weighted by Crippen LogP contribution is 2.13. The number of hydrogen-bond donors (Lipinski definition) is 2. The lowest BCUT2D eigenvalue weighted by atomic mass is 10.2. The van der Waals surface area contributed by atoms with E-state index in [2.05, 4.69) is 15.4 Å². The largest absolute Gasteiger partial charge is 0.467 e. The first-order valence-corrected chi connectivity index (χ1v) is 8.20. The van der Waals surface area contributed by atoms with Crippen molar-refractivity contribution in [3.8, 4) is 6.07 Å². The summed E-state index contributed by atoms with van der Waals surface area (Å²) in [5, 5.41) is 13.1. The van der Waals surface area contributed by atoms with Gasteiger partial charge in [0.2, 0.25) is 11.8 Å². The lowest BCUT2D eigenvalue weighted by Crippen LogP contribution is -2.47. The molecule has 2 amide bonds. The van der Waals surface area contributed by atoms with Gasteiger partial charge in [0.15, 0.2) is 5.25 Å². The van der Waals surface area contributed by atoms with Crippen LogP contribution in [0.2, 0.25) is 0 Å². The first kappa shape index (κ1) is 19.5. The Bertz CT molecular complexity index is 615. The zero-order valence-electron chi connectivity index (χ0n) is 13.4. The molecule has 1 aromatic rings. The Labute approximate surface area is 144 Å². The summed E-state index contributed by atoms with van der Waals surface area (Å²) in [6.45, 7) is 1.61. The number of ether oxygens (including phenoxy) is 1. The maximum atomic E-state index is 12.3. The Kier molecular flexibility index (Phi) is 8.36. The summed E-state index contributed by atoms with van der Waals surface area (Å²) >= 11 is 0.943. The molecule has 2 atom stereocenters. The van der Waals surface area contributed by atoms with Gasteiger partial charge in [-0.25, -0.2) is 4.79 Å². The van der Waals surface area contributed by atoms with Crippen molar-refractivity contribution in [3.63, 3.8) is 0 Å². The van der Waals surface area contributed by atoms with Gasteiger partial charge >= 0.3 is 5.97 Å². The highest BCUT2D eigenvalue weighted by Gasteiger charge is 2.25. The van der Waals surface area contributed by atoms with Gasteiger partial charge in [0, 0.05) is 19.2 Å². The molecule has 0 radical (unpaired) electrons. The minimum Gasteiger partial charge on any atom is -0.467 e. The Morgan fingerprint density at radius 1 is 1.29 bits per heavy atom. The molecule has 1 rings (SSSR count). The molecule has 8 heteroatoms. The number of nitriles is 1. The Morgan fingerprint density at radius 3 is 2.50 bits per heavy atom. The minimum absolute atomic E-state index is 0.0769. The molecule has 0 spiro atoms. The average Bonchev–Trinajstić information content (AvgIpc) is 2.59. The molecule has 0 saturated heterocycles. The number of thioether (sulfide) groups is 1. The molecule has 0 aliphatic heterocycles. The van der Waals surface area contributed by atoms with E-state index in [9.17, 15) is 14.4 Å². The van der Waals surface area contributed by atoms with Crippen LogP contribution in [0.15, 0.2) is 30.3 Å². The van der Waals surface area contributed by atoms with Crippen LogP contribution in [0.5, 0.6) is 0 Å². The van der Waals surface area contributed by atoms with Crippen LogP contribution in [0.3, 0.4) is 0 Å². The molecule has 0 saturated carbocycles. The number of esters is 1. The molecule has 1 aromatic carbocycles. The molecule has 7 nitrogen and oxygen atoms in total. The molecule has 0 fully saturated rings. The third-order valence-corrected chi connectivity index (χ3v) is 4.12. The maximum Gasteiger partial charge on any atom is 0.333 e. The van der Waals surface area contributed by atoms with Crippen LogP contribution in [-0.2, 0) is 25.7 Å². The highest BCUT2D eigenvalue weighted by atomic mass is 32.2. The fourth-order valence-electron chi connectivity index (χ4n) is 1.79. The summed E-state index contributed by atoms with van der Waals surface area (Å²) in [5.74, 6) is -1.37. The number of rotatable bonds is 8. The van der Waals surface area contributed by atoms with Gasteiger partial charge < -0.3 is 15.4 Å². The van der Waals surface area contributed by atoms with E-state index in [-0.39, 0.29) is 17.6 Å². The number of methoxy groups -OCH3 is 1. The highest BCUT2D eigenvalue weighted by molar-refractivity contribution is 8.00. The molecule has 0 aromatic heterocycles. The zero-order valence-corrected chi connectivity index (χ0v) is 14.3. The Balaban J connectivity index is 2.63. The van der Waals surface area contributed by atoms with Gasteiger partial charge in [-0.1, -0.05) is 30.3 Å². The van der Waals surface area contributed by atoms with Crippen LogP contribution < -0.4 is 10.6 Å². The normalized spacial score (nSPS) is 12.4. The number of carbonyl (C=O) groups excluding carboxylic acids is 3. The van der Waals surface area contributed by atoms with E-state index < -0.39 is 17.3 Å². The smallest absolute Gasteiger partial charge is 0.333 e. The fraction of sp³-hybridized carbons (Fsp3) is 0.375. The summed E-state index contributed by atoms with van der Waals surface area (Å²) in [7, 11) is 1.19. The molecule has 0 bridgehead atoms. The summed E-state index contributed by atoms with van der Waals surface area (Å²) in [5.41, 5.74) is 0.921. The topological polar surface area (TPSA) is 108 Å². The molecular weight excluding hydrogens is 330 g/mol. The lowest BCUT2D eigenvalue weighted by molar-refractivity contribution is -0.138. The van der Waals surface area contributed by atoms with E-state index in [1.54, 1.807) is 6.07 Å². The SMILES string of the molecule is COC(=O)C(C#N)SCC(NC(C)=O)C(=O)NCc1ccccc1. The summed E-state index contributed by atoms with van der Waals surface area (Å²) in [6, 6.07) is 10.3. The van der Waals surface area contributed by atoms with Crippen molar-refractivity contribution in [2.24, 2.45) is 0 Å². The number of carbonyl (C=O) groups is 3. The zero-order chi connectivity index (χ0) is 17.9. The first-order valence-electron chi connectivity index (χ1n) is 7.15. The molecule has 0 aliphatic rings. The van der Waals surface area contributed by atoms with Crippen molar-refractivity contribution in [2.45, 2.75) is 24.8 Å². The van der Waals surface area contributed by atoms with Crippen LogP contribution in [0.25, 0.3) is 0 Å². The predicted molar refractivity (Wildman–Crippen MR) is 89.8 cm³/mol. The maximum absolute atomic E-state index is 12.3. The van der Waals surface area contributed by atoms with Crippen LogP contribution in [0.4, 0.5) is 0 Å². The van der Waals surface area contributed by atoms with Gasteiger partial charge in [0.1, 0.15) is 6.04 Å². The number of amides is 2. The van der Waals surface area contributed by atoms with Crippen LogP contribution in [0.1, 0.15) is 12.5 Å². The van der Waals surface area contributed by atoms with E-state index in [1.807, 2.05) is 30.3 Å².